The molecule has 0 amide bonds. The summed E-state index contributed by atoms with van der Waals surface area (Å²) in [7, 11) is 0. The van der Waals surface area contributed by atoms with Gasteiger partial charge in [0, 0.05) is 6.54 Å². The highest BCUT2D eigenvalue weighted by Gasteiger charge is 2.16. The Labute approximate surface area is 118 Å². The average Bonchev–Trinajstić information content (AvgIpc) is 2.95. The molecule has 106 valence electrons. The zero-order valence-corrected chi connectivity index (χ0v) is 11.2. The lowest BCUT2D eigenvalue weighted by atomic mass is 10.4. The average molecular weight is 296 g/mol. The second kappa shape index (κ2) is 6.31. The Bertz CT molecular complexity index is 577. The van der Waals surface area contributed by atoms with Crippen LogP contribution in [0.25, 0.3) is 10.8 Å². The maximum Gasteiger partial charge on any atom is 0.317 e. The molecule has 0 fully saturated rings. The molecule has 0 radical (unpaired) electrons. The predicted molar refractivity (Wildman–Crippen MR) is 70.4 cm³/mol. The van der Waals surface area contributed by atoms with E-state index in [1.807, 2.05) is 17.5 Å². The molecule has 0 aliphatic heterocycles. The first-order valence-electron chi connectivity index (χ1n) is 5.69. The van der Waals surface area contributed by atoms with Crippen LogP contribution in [0.2, 0.25) is 0 Å². The maximum absolute atomic E-state index is 10.7. The van der Waals surface area contributed by atoms with Crippen molar-refractivity contribution >= 4 is 23.3 Å². The summed E-state index contributed by atoms with van der Waals surface area (Å²) in [5.74, 6) is -1.73. The van der Waals surface area contributed by atoms with Crippen molar-refractivity contribution in [3.63, 3.8) is 0 Å². The van der Waals surface area contributed by atoms with Gasteiger partial charge >= 0.3 is 11.9 Å². The van der Waals surface area contributed by atoms with Crippen LogP contribution in [0.1, 0.15) is 5.69 Å². The first-order valence-corrected chi connectivity index (χ1v) is 6.57. The zero-order valence-electron chi connectivity index (χ0n) is 10.4. The lowest BCUT2D eigenvalue weighted by Crippen LogP contribution is -2.34. The third-order valence-corrected chi connectivity index (χ3v) is 3.24. The lowest BCUT2D eigenvalue weighted by Gasteiger charge is -2.15. The molecule has 2 N–H and O–H groups in total. The van der Waals surface area contributed by atoms with E-state index in [9.17, 15) is 9.59 Å². The number of aromatic nitrogens is 1. The van der Waals surface area contributed by atoms with Crippen molar-refractivity contribution in [1.29, 1.82) is 0 Å². The highest BCUT2D eigenvalue weighted by atomic mass is 32.1. The van der Waals surface area contributed by atoms with E-state index in [2.05, 4.69) is 4.98 Å². The molecule has 0 aliphatic carbocycles. The summed E-state index contributed by atoms with van der Waals surface area (Å²) in [4.78, 5) is 27.7. The van der Waals surface area contributed by atoms with E-state index in [4.69, 9.17) is 14.6 Å². The number of hydrogen-bond acceptors (Lipinski definition) is 6. The standard InChI is InChI=1S/C12H12N2O5S/c15-10(16)5-14(6-11(17)18)4-8-7-19-12(13-8)9-2-1-3-20-9/h1-3,7H,4-6H2,(H,15,16)(H,17,18). The first kappa shape index (κ1) is 14.2. The van der Waals surface area contributed by atoms with E-state index in [0.29, 0.717) is 11.6 Å². The fourth-order valence-corrected chi connectivity index (χ4v) is 2.33. The molecule has 0 spiro atoms. The summed E-state index contributed by atoms with van der Waals surface area (Å²) < 4.78 is 5.30. The second-order valence-electron chi connectivity index (χ2n) is 4.05. The third kappa shape index (κ3) is 3.90. The third-order valence-electron chi connectivity index (χ3n) is 2.39. The molecule has 0 atom stereocenters. The molecule has 2 heterocycles. The molecule has 0 unspecified atom stereocenters. The first-order chi connectivity index (χ1) is 9.54. The quantitative estimate of drug-likeness (QED) is 0.795. The van der Waals surface area contributed by atoms with Crippen LogP contribution in [0.5, 0.6) is 0 Å². The van der Waals surface area contributed by atoms with Crippen LogP contribution < -0.4 is 0 Å². The molecular formula is C12H12N2O5S. The summed E-state index contributed by atoms with van der Waals surface area (Å²) in [5, 5.41) is 19.4. The highest BCUT2D eigenvalue weighted by Crippen LogP contribution is 2.23. The van der Waals surface area contributed by atoms with Gasteiger partial charge in [-0.15, -0.1) is 11.3 Å². The van der Waals surface area contributed by atoms with Gasteiger partial charge in [-0.25, -0.2) is 4.98 Å². The number of nitrogens with zero attached hydrogens (tertiary/aromatic N) is 2. The Morgan fingerprint density at radius 1 is 1.30 bits per heavy atom. The molecule has 8 heteroatoms. The van der Waals surface area contributed by atoms with Gasteiger partial charge in [-0.1, -0.05) is 6.07 Å². The van der Waals surface area contributed by atoms with Gasteiger partial charge in [-0.2, -0.15) is 0 Å². The van der Waals surface area contributed by atoms with Crippen molar-refractivity contribution in [3.8, 4) is 10.8 Å². The number of carbonyl (C=O) groups is 2. The molecular weight excluding hydrogens is 284 g/mol. The fourth-order valence-electron chi connectivity index (χ4n) is 1.67. The van der Waals surface area contributed by atoms with Gasteiger partial charge < -0.3 is 14.6 Å². The molecule has 0 bridgehead atoms. The topological polar surface area (TPSA) is 104 Å². The number of oxazole rings is 1. The number of aliphatic carboxylic acids is 2. The highest BCUT2D eigenvalue weighted by molar-refractivity contribution is 7.13. The minimum atomic E-state index is -1.09. The summed E-state index contributed by atoms with van der Waals surface area (Å²) in [6.07, 6.45) is 1.41. The number of hydrogen-bond donors (Lipinski definition) is 2. The monoisotopic (exact) mass is 296 g/mol. The van der Waals surface area contributed by atoms with Crippen molar-refractivity contribution in [2.45, 2.75) is 6.54 Å². The van der Waals surface area contributed by atoms with Crippen LogP contribution in [0.3, 0.4) is 0 Å². The van der Waals surface area contributed by atoms with Gasteiger partial charge in [0.2, 0.25) is 5.89 Å². The van der Waals surface area contributed by atoms with E-state index >= 15 is 0 Å². The van der Waals surface area contributed by atoms with Gasteiger partial charge in [0.25, 0.3) is 0 Å². The van der Waals surface area contributed by atoms with Gasteiger partial charge in [-0.05, 0) is 11.4 Å². The van der Waals surface area contributed by atoms with Gasteiger partial charge in [-0.3, -0.25) is 14.5 Å². The lowest BCUT2D eigenvalue weighted by molar-refractivity contribution is -0.142. The Balaban J connectivity index is 2.06. The molecule has 7 nitrogen and oxygen atoms in total. The SMILES string of the molecule is O=C(O)CN(CC(=O)O)Cc1coc(-c2cccs2)n1. The zero-order chi connectivity index (χ0) is 14.5. The second-order valence-corrected chi connectivity index (χ2v) is 5.00. The number of rotatable bonds is 7. The molecule has 2 aromatic rings. The van der Waals surface area contributed by atoms with Crippen LogP contribution in [-0.4, -0.2) is 45.1 Å². The maximum atomic E-state index is 10.7. The van der Waals surface area contributed by atoms with Crippen LogP contribution in [-0.2, 0) is 16.1 Å². The minimum absolute atomic E-state index is 0.105. The van der Waals surface area contributed by atoms with Gasteiger partial charge in [0.15, 0.2) is 0 Å². The smallest absolute Gasteiger partial charge is 0.317 e. The molecule has 0 saturated heterocycles. The van der Waals surface area contributed by atoms with Crippen molar-refractivity contribution in [2.24, 2.45) is 0 Å². The molecule has 0 saturated carbocycles. The van der Waals surface area contributed by atoms with E-state index in [-0.39, 0.29) is 19.6 Å². The normalized spacial score (nSPS) is 10.8. The van der Waals surface area contributed by atoms with Gasteiger partial charge in [0.1, 0.15) is 6.26 Å². The molecule has 0 aromatic carbocycles. The summed E-state index contributed by atoms with van der Waals surface area (Å²) >= 11 is 1.47. The van der Waals surface area contributed by atoms with E-state index < -0.39 is 11.9 Å². The summed E-state index contributed by atoms with van der Waals surface area (Å²) in [6, 6.07) is 3.72. The number of carboxylic acids is 2. The summed E-state index contributed by atoms with van der Waals surface area (Å²) in [5.41, 5.74) is 0.496. The van der Waals surface area contributed by atoms with Crippen LogP contribution in [0.4, 0.5) is 0 Å². The van der Waals surface area contributed by atoms with Crippen molar-refractivity contribution in [2.75, 3.05) is 13.1 Å². The van der Waals surface area contributed by atoms with E-state index in [0.717, 1.165) is 4.88 Å². The predicted octanol–water partition coefficient (Wildman–Crippen LogP) is 1.37. The van der Waals surface area contributed by atoms with Crippen LogP contribution >= 0.6 is 11.3 Å². The van der Waals surface area contributed by atoms with E-state index in [1.165, 1.54) is 22.5 Å². The number of thiophene rings is 1. The van der Waals surface area contributed by atoms with Crippen molar-refractivity contribution < 1.29 is 24.2 Å². The summed E-state index contributed by atoms with van der Waals surface area (Å²) in [6.45, 7) is -0.630. The van der Waals surface area contributed by atoms with Crippen molar-refractivity contribution in [1.82, 2.24) is 9.88 Å². The fraction of sp³-hybridized carbons (Fsp3) is 0.250. The van der Waals surface area contributed by atoms with Gasteiger partial charge in [0.05, 0.1) is 23.7 Å². The Kier molecular flexibility index (Phi) is 4.49. The molecule has 2 rings (SSSR count). The minimum Gasteiger partial charge on any atom is -0.480 e. The molecule has 2 aromatic heterocycles. The Hall–Kier alpha value is -2.19. The van der Waals surface area contributed by atoms with Crippen molar-refractivity contribution in [3.05, 3.63) is 29.5 Å². The van der Waals surface area contributed by atoms with Crippen LogP contribution in [0, 0.1) is 0 Å². The largest absolute Gasteiger partial charge is 0.480 e. The van der Waals surface area contributed by atoms with Crippen LogP contribution in [0.15, 0.2) is 28.2 Å². The molecule has 20 heavy (non-hydrogen) atoms. The number of carboxylic acid groups (broad SMARTS) is 2. The van der Waals surface area contributed by atoms with E-state index in [1.54, 1.807) is 0 Å². The Morgan fingerprint density at radius 3 is 2.55 bits per heavy atom. The Morgan fingerprint density at radius 2 is 2.00 bits per heavy atom. The molecule has 0 aliphatic rings.